The zero-order valence-corrected chi connectivity index (χ0v) is 16.5. The molecule has 0 saturated carbocycles. The lowest BCUT2D eigenvalue weighted by Gasteiger charge is -2.27. The second kappa shape index (κ2) is 8.06. The molecule has 8 nitrogen and oxygen atoms in total. The number of fused-ring (bicyclic) bond motifs is 1. The summed E-state index contributed by atoms with van der Waals surface area (Å²) >= 11 is 0. The Balaban J connectivity index is 1.62. The van der Waals surface area contributed by atoms with E-state index in [1.165, 1.54) is 10.5 Å². The number of pyridine rings is 1. The summed E-state index contributed by atoms with van der Waals surface area (Å²) in [5.41, 5.74) is 2.80. The zero-order chi connectivity index (χ0) is 19.6. The lowest BCUT2D eigenvalue weighted by atomic mass is 10.1. The standard InChI is InChI=1S/C19H28N6O2/c1-22(2)18-6-5-14(11-20-18)12-24-7-8-25-15(13-24)9-16(21-25)17(26)10-19(27)23(3)4/h5-6,9,11,17,26H,7-8,10,12-13H2,1-4H3/t17-/m0/s1. The predicted octanol–water partition coefficient (Wildman–Crippen LogP) is 0.872. The van der Waals surface area contributed by atoms with Crippen LogP contribution in [0, 0.1) is 0 Å². The number of hydrogen-bond donors (Lipinski definition) is 1. The van der Waals surface area contributed by atoms with Crippen LogP contribution in [0.25, 0.3) is 0 Å². The molecule has 27 heavy (non-hydrogen) atoms. The zero-order valence-electron chi connectivity index (χ0n) is 16.5. The van der Waals surface area contributed by atoms with Gasteiger partial charge in [-0.2, -0.15) is 5.10 Å². The van der Waals surface area contributed by atoms with Crippen molar-refractivity contribution in [2.75, 3.05) is 39.6 Å². The van der Waals surface area contributed by atoms with Crippen LogP contribution in [0.15, 0.2) is 24.4 Å². The van der Waals surface area contributed by atoms with E-state index in [0.717, 1.165) is 37.7 Å². The van der Waals surface area contributed by atoms with E-state index in [4.69, 9.17) is 0 Å². The highest BCUT2D eigenvalue weighted by atomic mass is 16.3. The summed E-state index contributed by atoms with van der Waals surface area (Å²) in [7, 11) is 7.33. The van der Waals surface area contributed by atoms with Gasteiger partial charge in [0.25, 0.3) is 0 Å². The summed E-state index contributed by atoms with van der Waals surface area (Å²) in [6.07, 6.45) is 1.11. The van der Waals surface area contributed by atoms with Crippen LogP contribution < -0.4 is 4.90 Å². The van der Waals surface area contributed by atoms with E-state index in [9.17, 15) is 9.90 Å². The number of hydrogen-bond acceptors (Lipinski definition) is 6. The Hall–Kier alpha value is -2.45. The van der Waals surface area contributed by atoms with Gasteiger partial charge in [-0.15, -0.1) is 0 Å². The Morgan fingerprint density at radius 2 is 2.04 bits per heavy atom. The molecule has 1 aliphatic rings. The largest absolute Gasteiger partial charge is 0.386 e. The van der Waals surface area contributed by atoms with Crippen LogP contribution in [0.4, 0.5) is 5.82 Å². The number of carbonyl (C=O) groups is 1. The van der Waals surface area contributed by atoms with Gasteiger partial charge in [-0.25, -0.2) is 4.98 Å². The van der Waals surface area contributed by atoms with E-state index in [0.29, 0.717) is 5.69 Å². The van der Waals surface area contributed by atoms with Crippen molar-refractivity contribution in [1.82, 2.24) is 24.6 Å². The van der Waals surface area contributed by atoms with E-state index >= 15 is 0 Å². The molecule has 1 N–H and O–H groups in total. The minimum Gasteiger partial charge on any atom is -0.386 e. The number of aliphatic hydroxyl groups is 1. The van der Waals surface area contributed by atoms with E-state index in [-0.39, 0.29) is 12.3 Å². The molecular weight excluding hydrogens is 344 g/mol. The van der Waals surface area contributed by atoms with Crippen molar-refractivity contribution < 1.29 is 9.90 Å². The fraction of sp³-hybridized carbons (Fsp3) is 0.526. The van der Waals surface area contributed by atoms with Crippen LogP contribution in [0.2, 0.25) is 0 Å². The highest BCUT2D eigenvalue weighted by Crippen LogP contribution is 2.22. The van der Waals surface area contributed by atoms with Crippen LogP contribution in [-0.4, -0.2) is 70.3 Å². The molecule has 2 aromatic heterocycles. The van der Waals surface area contributed by atoms with Crippen molar-refractivity contribution >= 4 is 11.7 Å². The average molecular weight is 372 g/mol. The number of carbonyl (C=O) groups excluding carboxylic acids is 1. The Morgan fingerprint density at radius 3 is 2.67 bits per heavy atom. The lowest BCUT2D eigenvalue weighted by Crippen LogP contribution is -2.33. The second-order valence-electron chi connectivity index (χ2n) is 7.42. The molecule has 1 atom stereocenters. The first-order chi connectivity index (χ1) is 12.8. The first-order valence-corrected chi connectivity index (χ1v) is 9.13. The van der Waals surface area contributed by atoms with Gasteiger partial charge in [-0.05, 0) is 17.7 Å². The van der Waals surface area contributed by atoms with E-state index in [1.807, 2.05) is 42.0 Å². The van der Waals surface area contributed by atoms with Crippen molar-refractivity contribution in [3.05, 3.63) is 41.3 Å². The maximum absolute atomic E-state index is 11.8. The van der Waals surface area contributed by atoms with Crippen LogP contribution in [0.3, 0.4) is 0 Å². The highest BCUT2D eigenvalue weighted by molar-refractivity contribution is 5.76. The first-order valence-electron chi connectivity index (χ1n) is 9.13. The monoisotopic (exact) mass is 372 g/mol. The molecule has 3 heterocycles. The lowest BCUT2D eigenvalue weighted by molar-refractivity contribution is -0.130. The molecule has 0 spiro atoms. The molecule has 2 aromatic rings. The highest BCUT2D eigenvalue weighted by Gasteiger charge is 2.23. The summed E-state index contributed by atoms with van der Waals surface area (Å²) in [5.74, 6) is 0.838. The van der Waals surface area contributed by atoms with E-state index in [2.05, 4.69) is 21.0 Å². The Labute approximate surface area is 160 Å². The molecule has 0 aromatic carbocycles. The Kier molecular flexibility index (Phi) is 5.76. The fourth-order valence-corrected chi connectivity index (χ4v) is 3.13. The number of anilines is 1. The van der Waals surface area contributed by atoms with Gasteiger partial charge in [0.05, 0.1) is 24.4 Å². The third-order valence-electron chi connectivity index (χ3n) is 4.78. The van der Waals surface area contributed by atoms with Crippen LogP contribution in [0.1, 0.15) is 29.5 Å². The van der Waals surface area contributed by atoms with Crippen LogP contribution in [-0.2, 0) is 24.4 Å². The van der Waals surface area contributed by atoms with Crippen molar-refractivity contribution in [2.24, 2.45) is 0 Å². The summed E-state index contributed by atoms with van der Waals surface area (Å²) in [4.78, 5) is 22.1. The number of rotatable bonds is 6. The fourth-order valence-electron chi connectivity index (χ4n) is 3.13. The van der Waals surface area contributed by atoms with Crippen molar-refractivity contribution in [2.45, 2.75) is 32.2 Å². The quantitative estimate of drug-likeness (QED) is 0.811. The van der Waals surface area contributed by atoms with Crippen molar-refractivity contribution in [3.63, 3.8) is 0 Å². The molecule has 146 valence electrons. The molecular formula is C19H28N6O2. The van der Waals surface area contributed by atoms with E-state index in [1.54, 1.807) is 14.1 Å². The van der Waals surface area contributed by atoms with Gasteiger partial charge < -0.3 is 14.9 Å². The maximum Gasteiger partial charge on any atom is 0.225 e. The number of nitrogens with zero attached hydrogens (tertiary/aromatic N) is 6. The predicted molar refractivity (Wildman–Crippen MR) is 103 cm³/mol. The summed E-state index contributed by atoms with van der Waals surface area (Å²) in [5, 5.41) is 14.8. The second-order valence-corrected chi connectivity index (χ2v) is 7.42. The Morgan fingerprint density at radius 1 is 1.26 bits per heavy atom. The molecule has 0 fully saturated rings. The SMILES string of the molecule is CN(C)C(=O)C[C@H](O)c1cc2n(n1)CCN(Cc1ccc(N(C)C)nc1)C2. The molecule has 1 amide bonds. The number of amides is 1. The van der Waals surface area contributed by atoms with Gasteiger partial charge >= 0.3 is 0 Å². The minimum atomic E-state index is -0.866. The summed E-state index contributed by atoms with van der Waals surface area (Å²) < 4.78 is 1.93. The number of aromatic nitrogens is 3. The number of aliphatic hydroxyl groups excluding tert-OH is 1. The first kappa shape index (κ1) is 19.3. The van der Waals surface area contributed by atoms with Gasteiger partial charge in [-0.3, -0.25) is 14.4 Å². The van der Waals surface area contributed by atoms with Gasteiger partial charge in [0.2, 0.25) is 5.91 Å². The smallest absolute Gasteiger partial charge is 0.225 e. The summed E-state index contributed by atoms with van der Waals surface area (Å²) in [6.45, 7) is 3.24. The summed E-state index contributed by atoms with van der Waals surface area (Å²) in [6, 6.07) is 6.04. The molecule has 0 bridgehead atoms. The van der Waals surface area contributed by atoms with Gasteiger partial charge in [0.15, 0.2) is 0 Å². The molecule has 1 aliphatic heterocycles. The molecule has 0 unspecified atom stereocenters. The third-order valence-corrected chi connectivity index (χ3v) is 4.78. The normalized spacial score (nSPS) is 15.3. The minimum absolute atomic E-state index is 0.0526. The van der Waals surface area contributed by atoms with Gasteiger partial charge in [0, 0.05) is 54.0 Å². The molecule has 0 saturated heterocycles. The topological polar surface area (TPSA) is 77.7 Å². The molecule has 3 rings (SSSR count). The van der Waals surface area contributed by atoms with Gasteiger partial charge in [-0.1, -0.05) is 6.07 Å². The molecule has 0 radical (unpaired) electrons. The Bertz CT molecular complexity index is 784. The van der Waals surface area contributed by atoms with Crippen LogP contribution in [0.5, 0.6) is 0 Å². The molecule has 8 heteroatoms. The van der Waals surface area contributed by atoms with E-state index < -0.39 is 6.10 Å². The maximum atomic E-state index is 11.8. The van der Waals surface area contributed by atoms with Crippen molar-refractivity contribution in [1.29, 1.82) is 0 Å². The van der Waals surface area contributed by atoms with Crippen LogP contribution >= 0.6 is 0 Å². The molecule has 0 aliphatic carbocycles. The average Bonchev–Trinajstić information content (AvgIpc) is 3.05. The van der Waals surface area contributed by atoms with Gasteiger partial charge in [0.1, 0.15) is 11.9 Å². The third kappa shape index (κ3) is 4.64. The van der Waals surface area contributed by atoms with Crippen molar-refractivity contribution in [3.8, 4) is 0 Å².